The molecule has 34 heavy (non-hydrogen) atoms. The summed E-state index contributed by atoms with van der Waals surface area (Å²) in [5.41, 5.74) is 0. The van der Waals surface area contributed by atoms with Gasteiger partial charge in [-0.05, 0) is 44.7 Å². The lowest BCUT2D eigenvalue weighted by Crippen LogP contribution is -2.48. The average Bonchev–Trinajstić information content (AvgIpc) is 3.03. The Hall–Kier alpha value is -1.88. The number of hydrogen-bond acceptors (Lipinski definition) is 7. The van der Waals surface area contributed by atoms with E-state index in [1.54, 1.807) is 6.07 Å². The lowest BCUT2D eigenvalue weighted by Gasteiger charge is -2.39. The topological polar surface area (TPSA) is 97.4 Å². The Labute approximate surface area is 202 Å². The maximum absolute atomic E-state index is 12.7. The van der Waals surface area contributed by atoms with Gasteiger partial charge in [0.05, 0.1) is 30.3 Å². The minimum Gasteiger partial charge on any atom is -0.490 e. The highest BCUT2D eigenvalue weighted by atomic mass is 32.2. The van der Waals surface area contributed by atoms with E-state index in [-0.39, 0.29) is 36.0 Å². The first-order chi connectivity index (χ1) is 16.3. The van der Waals surface area contributed by atoms with Gasteiger partial charge in [0.2, 0.25) is 15.9 Å². The highest BCUT2D eigenvalue weighted by Crippen LogP contribution is 2.31. The van der Waals surface area contributed by atoms with Crippen LogP contribution >= 0.6 is 0 Å². The minimum atomic E-state index is -3.74. The second-order valence-electron chi connectivity index (χ2n) is 9.61. The Balaban J connectivity index is 1.20. The SMILES string of the molecule is CC1CN(CC2CCN(C(=O)CCNS(=O)(=O)c3ccc4c(c3)OCCCO4)CC2)CC(C)O1. The van der Waals surface area contributed by atoms with E-state index in [1.165, 1.54) is 12.1 Å². The van der Waals surface area contributed by atoms with E-state index in [2.05, 4.69) is 23.5 Å². The van der Waals surface area contributed by atoms with E-state index in [0.717, 1.165) is 52.0 Å². The van der Waals surface area contributed by atoms with Crippen molar-refractivity contribution in [3.8, 4) is 11.5 Å². The summed E-state index contributed by atoms with van der Waals surface area (Å²) in [6.45, 7) is 9.78. The lowest BCUT2D eigenvalue weighted by atomic mass is 9.95. The summed E-state index contributed by atoms with van der Waals surface area (Å²) in [5.74, 6) is 1.56. The third-order valence-corrected chi connectivity index (χ3v) is 8.10. The van der Waals surface area contributed by atoms with E-state index in [0.29, 0.717) is 30.6 Å². The number of morpholine rings is 1. The van der Waals surface area contributed by atoms with Crippen LogP contribution in [0.4, 0.5) is 0 Å². The molecule has 3 aliphatic heterocycles. The van der Waals surface area contributed by atoms with Crippen LogP contribution in [-0.4, -0.2) is 88.8 Å². The van der Waals surface area contributed by atoms with Crippen molar-refractivity contribution >= 4 is 15.9 Å². The third-order valence-electron chi connectivity index (χ3n) is 6.64. The van der Waals surface area contributed by atoms with Crippen molar-refractivity contribution in [1.29, 1.82) is 0 Å². The molecule has 2 fully saturated rings. The first-order valence-electron chi connectivity index (χ1n) is 12.3. The molecular weight excluding hydrogens is 458 g/mol. The largest absolute Gasteiger partial charge is 0.490 e. The number of hydrogen-bond donors (Lipinski definition) is 1. The number of piperidine rings is 1. The van der Waals surface area contributed by atoms with Crippen LogP contribution in [0.25, 0.3) is 0 Å². The number of benzene rings is 1. The predicted octanol–water partition coefficient (Wildman–Crippen LogP) is 1.86. The molecule has 2 unspecified atom stereocenters. The van der Waals surface area contributed by atoms with Crippen LogP contribution in [0.3, 0.4) is 0 Å². The number of carbonyl (C=O) groups excluding carboxylic acids is 1. The van der Waals surface area contributed by atoms with Crippen molar-refractivity contribution in [1.82, 2.24) is 14.5 Å². The minimum absolute atomic E-state index is 0.00608. The van der Waals surface area contributed by atoms with Crippen molar-refractivity contribution < 1.29 is 27.4 Å². The van der Waals surface area contributed by atoms with E-state index < -0.39 is 10.0 Å². The molecule has 0 aromatic heterocycles. The molecule has 4 rings (SSSR count). The number of likely N-dealkylation sites (tertiary alicyclic amines) is 1. The van der Waals surface area contributed by atoms with Gasteiger partial charge in [0.15, 0.2) is 11.5 Å². The van der Waals surface area contributed by atoms with Crippen molar-refractivity contribution in [3.05, 3.63) is 18.2 Å². The monoisotopic (exact) mass is 495 g/mol. The van der Waals surface area contributed by atoms with Crippen LogP contribution in [0.15, 0.2) is 23.1 Å². The lowest BCUT2D eigenvalue weighted by molar-refractivity contribution is -0.132. The van der Waals surface area contributed by atoms with Crippen molar-refractivity contribution in [3.63, 3.8) is 0 Å². The molecule has 0 bridgehead atoms. The second-order valence-corrected chi connectivity index (χ2v) is 11.4. The fraction of sp³-hybridized carbons (Fsp3) is 0.708. The molecular formula is C24H37N3O6S. The number of nitrogens with one attached hydrogen (secondary N) is 1. The Morgan fingerprint density at radius 2 is 1.74 bits per heavy atom. The molecule has 190 valence electrons. The molecule has 10 heteroatoms. The fourth-order valence-electron chi connectivity index (χ4n) is 5.01. The van der Waals surface area contributed by atoms with E-state index in [4.69, 9.17) is 14.2 Å². The average molecular weight is 496 g/mol. The van der Waals surface area contributed by atoms with Crippen LogP contribution < -0.4 is 14.2 Å². The van der Waals surface area contributed by atoms with Crippen LogP contribution in [0, 0.1) is 5.92 Å². The molecule has 1 N–H and O–H groups in total. The molecule has 0 spiro atoms. The van der Waals surface area contributed by atoms with Crippen molar-refractivity contribution in [2.75, 3.05) is 52.5 Å². The van der Waals surface area contributed by atoms with Gasteiger partial charge in [-0.2, -0.15) is 0 Å². The summed E-state index contributed by atoms with van der Waals surface area (Å²) < 4.78 is 44.9. The van der Waals surface area contributed by atoms with Gasteiger partial charge in [0.25, 0.3) is 0 Å². The molecule has 0 aliphatic carbocycles. The number of carbonyl (C=O) groups is 1. The van der Waals surface area contributed by atoms with Crippen LogP contribution in [-0.2, 0) is 19.6 Å². The number of nitrogens with zero attached hydrogens (tertiary/aromatic N) is 2. The highest BCUT2D eigenvalue weighted by molar-refractivity contribution is 7.89. The highest BCUT2D eigenvalue weighted by Gasteiger charge is 2.28. The van der Waals surface area contributed by atoms with Gasteiger partial charge >= 0.3 is 0 Å². The molecule has 3 aliphatic rings. The fourth-order valence-corrected chi connectivity index (χ4v) is 6.05. The number of fused-ring (bicyclic) bond motifs is 1. The number of rotatable bonds is 7. The van der Waals surface area contributed by atoms with Gasteiger partial charge in [0, 0.05) is 58.2 Å². The summed E-state index contributed by atoms with van der Waals surface area (Å²) in [6, 6.07) is 4.59. The second kappa shape index (κ2) is 11.2. The normalized spacial score (nSPS) is 24.6. The molecule has 1 amide bonds. The van der Waals surface area contributed by atoms with Crippen molar-refractivity contribution in [2.24, 2.45) is 5.92 Å². The first-order valence-corrected chi connectivity index (χ1v) is 13.8. The number of ether oxygens (including phenoxy) is 3. The zero-order valence-corrected chi connectivity index (χ0v) is 21.0. The quantitative estimate of drug-likeness (QED) is 0.617. The van der Waals surface area contributed by atoms with Crippen LogP contribution in [0.1, 0.15) is 39.5 Å². The van der Waals surface area contributed by atoms with Gasteiger partial charge in [-0.15, -0.1) is 0 Å². The molecule has 2 saturated heterocycles. The van der Waals surface area contributed by atoms with Gasteiger partial charge in [-0.1, -0.05) is 0 Å². The van der Waals surface area contributed by atoms with Gasteiger partial charge in [0.1, 0.15) is 0 Å². The molecule has 0 saturated carbocycles. The predicted molar refractivity (Wildman–Crippen MR) is 128 cm³/mol. The third kappa shape index (κ3) is 6.62. The zero-order chi connectivity index (χ0) is 24.1. The maximum Gasteiger partial charge on any atom is 0.240 e. The first kappa shape index (κ1) is 25.2. The Kier molecular flexibility index (Phi) is 8.34. The maximum atomic E-state index is 12.7. The molecule has 2 atom stereocenters. The van der Waals surface area contributed by atoms with Crippen LogP contribution in [0.5, 0.6) is 11.5 Å². The Morgan fingerprint density at radius 3 is 2.44 bits per heavy atom. The van der Waals surface area contributed by atoms with E-state index in [1.807, 2.05) is 4.90 Å². The van der Waals surface area contributed by atoms with Gasteiger partial charge < -0.3 is 19.1 Å². The standard InChI is InChI=1S/C24H37N3O6S/c1-18-15-26(16-19(2)33-18)17-20-7-10-27(11-8-20)24(28)6-9-25-34(29,30)21-4-5-22-23(14-21)32-13-3-12-31-22/h4-5,14,18-20,25H,3,6-13,15-17H2,1-2H3. The zero-order valence-electron chi connectivity index (χ0n) is 20.2. The summed E-state index contributed by atoms with van der Waals surface area (Å²) in [7, 11) is -3.74. The Morgan fingerprint density at radius 1 is 1.06 bits per heavy atom. The van der Waals surface area contributed by atoms with Gasteiger partial charge in [-0.3, -0.25) is 9.69 Å². The summed E-state index contributed by atoms with van der Waals surface area (Å²) in [4.78, 5) is 17.1. The molecule has 9 nitrogen and oxygen atoms in total. The summed E-state index contributed by atoms with van der Waals surface area (Å²) in [5, 5.41) is 0. The van der Waals surface area contributed by atoms with Gasteiger partial charge in [-0.25, -0.2) is 13.1 Å². The molecule has 1 aromatic rings. The van der Waals surface area contributed by atoms with Crippen LogP contribution in [0.2, 0.25) is 0 Å². The Bertz CT molecular complexity index is 938. The summed E-state index contributed by atoms with van der Waals surface area (Å²) in [6.07, 6.45) is 3.39. The number of sulfonamides is 1. The smallest absolute Gasteiger partial charge is 0.240 e. The molecule has 0 radical (unpaired) electrons. The van der Waals surface area contributed by atoms with E-state index >= 15 is 0 Å². The molecule has 3 heterocycles. The molecule has 1 aromatic carbocycles. The van der Waals surface area contributed by atoms with E-state index in [9.17, 15) is 13.2 Å². The number of amides is 1. The summed E-state index contributed by atoms with van der Waals surface area (Å²) >= 11 is 0. The van der Waals surface area contributed by atoms with Crippen molar-refractivity contribution in [2.45, 2.75) is 56.6 Å².